The van der Waals surface area contributed by atoms with E-state index in [9.17, 15) is 9.59 Å². The number of nitrogens with zero attached hydrogens (tertiary/aromatic N) is 2. The zero-order valence-electron chi connectivity index (χ0n) is 14.8. The van der Waals surface area contributed by atoms with Gasteiger partial charge in [-0.15, -0.1) is 0 Å². The Morgan fingerprint density at radius 3 is 2.96 bits per heavy atom. The van der Waals surface area contributed by atoms with E-state index in [2.05, 4.69) is 20.5 Å². The molecule has 2 amide bonds. The lowest BCUT2D eigenvalue weighted by Gasteiger charge is -2.26. The number of carbonyl (C=O) groups is 2. The van der Waals surface area contributed by atoms with Crippen molar-refractivity contribution in [1.29, 1.82) is 0 Å². The molecule has 27 heavy (non-hydrogen) atoms. The van der Waals surface area contributed by atoms with E-state index in [-0.39, 0.29) is 11.8 Å². The van der Waals surface area contributed by atoms with Crippen LogP contribution in [-0.4, -0.2) is 41.3 Å². The van der Waals surface area contributed by atoms with Crippen LogP contribution in [0.3, 0.4) is 0 Å². The molecule has 0 saturated carbocycles. The standard InChI is InChI=1S/C21H20N4O2/c26-20-14-25(10-9-23-20)13-15-3-1-4-17(11-15)21(27)24-18-6-7-19-16(12-18)5-2-8-22-19/h1-8,11-12H,9-10,13-14H2,(H,23,26)(H,24,27). The molecule has 6 nitrogen and oxygen atoms in total. The number of piperazine rings is 1. The van der Waals surface area contributed by atoms with Gasteiger partial charge in [-0.2, -0.15) is 0 Å². The van der Waals surface area contributed by atoms with Crippen molar-refractivity contribution in [2.75, 3.05) is 25.0 Å². The van der Waals surface area contributed by atoms with Crippen LogP contribution in [0, 0.1) is 0 Å². The van der Waals surface area contributed by atoms with Crippen LogP contribution in [0.2, 0.25) is 0 Å². The van der Waals surface area contributed by atoms with E-state index in [0.29, 0.717) is 25.2 Å². The number of carbonyl (C=O) groups excluding carboxylic acids is 2. The van der Waals surface area contributed by atoms with E-state index in [1.54, 1.807) is 12.3 Å². The molecule has 2 heterocycles. The van der Waals surface area contributed by atoms with Crippen molar-refractivity contribution < 1.29 is 9.59 Å². The van der Waals surface area contributed by atoms with Crippen molar-refractivity contribution in [3.05, 3.63) is 71.9 Å². The molecule has 0 bridgehead atoms. The van der Waals surface area contributed by atoms with Crippen molar-refractivity contribution in [2.24, 2.45) is 0 Å². The van der Waals surface area contributed by atoms with Crippen molar-refractivity contribution in [3.63, 3.8) is 0 Å². The average Bonchev–Trinajstić information content (AvgIpc) is 2.68. The molecule has 2 aromatic carbocycles. The first-order chi connectivity index (χ1) is 13.2. The Morgan fingerprint density at radius 1 is 1.15 bits per heavy atom. The second-order valence-corrected chi connectivity index (χ2v) is 6.63. The van der Waals surface area contributed by atoms with Crippen LogP contribution in [0.25, 0.3) is 10.9 Å². The number of fused-ring (bicyclic) bond motifs is 1. The van der Waals surface area contributed by atoms with E-state index in [0.717, 1.165) is 28.7 Å². The molecule has 1 aromatic heterocycles. The number of pyridine rings is 1. The Labute approximate surface area is 157 Å². The van der Waals surface area contributed by atoms with Crippen LogP contribution in [0.15, 0.2) is 60.8 Å². The molecule has 1 saturated heterocycles. The van der Waals surface area contributed by atoms with Crippen molar-refractivity contribution in [2.45, 2.75) is 6.54 Å². The molecule has 1 aliphatic heterocycles. The molecule has 1 fully saturated rings. The monoisotopic (exact) mass is 360 g/mol. The zero-order chi connectivity index (χ0) is 18.6. The first kappa shape index (κ1) is 17.2. The molecule has 0 unspecified atom stereocenters. The molecule has 0 aliphatic carbocycles. The maximum absolute atomic E-state index is 12.6. The van der Waals surface area contributed by atoms with Gasteiger partial charge in [-0.1, -0.05) is 18.2 Å². The third-order valence-electron chi connectivity index (χ3n) is 4.57. The summed E-state index contributed by atoms with van der Waals surface area (Å²) < 4.78 is 0. The fraction of sp³-hybridized carbons (Fsp3) is 0.190. The normalized spacial score (nSPS) is 14.7. The lowest BCUT2D eigenvalue weighted by atomic mass is 10.1. The number of benzene rings is 2. The molecule has 0 spiro atoms. The Hall–Kier alpha value is -3.25. The summed E-state index contributed by atoms with van der Waals surface area (Å²) in [5.41, 5.74) is 3.24. The minimum absolute atomic E-state index is 0.0425. The van der Waals surface area contributed by atoms with E-state index < -0.39 is 0 Å². The van der Waals surface area contributed by atoms with E-state index in [1.165, 1.54) is 0 Å². The van der Waals surface area contributed by atoms with Crippen LogP contribution in [0.4, 0.5) is 5.69 Å². The average molecular weight is 360 g/mol. The maximum Gasteiger partial charge on any atom is 0.255 e. The summed E-state index contributed by atoms with van der Waals surface area (Å²) >= 11 is 0. The van der Waals surface area contributed by atoms with Crippen molar-refractivity contribution in [3.8, 4) is 0 Å². The predicted molar refractivity (Wildman–Crippen MR) is 104 cm³/mol. The largest absolute Gasteiger partial charge is 0.354 e. The number of aromatic nitrogens is 1. The summed E-state index contributed by atoms with van der Waals surface area (Å²) in [7, 11) is 0. The van der Waals surface area contributed by atoms with Gasteiger partial charge < -0.3 is 10.6 Å². The SMILES string of the molecule is O=C1CN(Cc2cccc(C(=O)Nc3ccc4ncccc4c3)c2)CCN1. The highest BCUT2D eigenvalue weighted by molar-refractivity contribution is 6.05. The molecule has 3 aromatic rings. The van der Waals surface area contributed by atoms with Gasteiger partial charge in [0.15, 0.2) is 0 Å². The molecule has 4 rings (SSSR count). The minimum atomic E-state index is -0.156. The summed E-state index contributed by atoms with van der Waals surface area (Å²) in [6.07, 6.45) is 1.75. The number of anilines is 1. The highest BCUT2D eigenvalue weighted by Gasteiger charge is 2.16. The first-order valence-corrected chi connectivity index (χ1v) is 8.91. The Kier molecular flexibility index (Phi) is 4.80. The Balaban J connectivity index is 1.47. The van der Waals surface area contributed by atoms with E-state index in [4.69, 9.17) is 0 Å². The van der Waals surface area contributed by atoms with Crippen molar-refractivity contribution >= 4 is 28.4 Å². The number of rotatable bonds is 4. The number of amides is 2. The second kappa shape index (κ2) is 7.55. The lowest BCUT2D eigenvalue weighted by molar-refractivity contribution is -0.124. The Morgan fingerprint density at radius 2 is 2.07 bits per heavy atom. The number of hydrogen-bond acceptors (Lipinski definition) is 4. The number of hydrogen-bond donors (Lipinski definition) is 2. The summed E-state index contributed by atoms with van der Waals surface area (Å²) in [5, 5.41) is 6.74. The molecule has 0 radical (unpaired) electrons. The van der Waals surface area contributed by atoms with Gasteiger partial charge in [0.25, 0.3) is 5.91 Å². The third-order valence-corrected chi connectivity index (χ3v) is 4.57. The topological polar surface area (TPSA) is 74.3 Å². The van der Waals surface area contributed by atoms with E-state index >= 15 is 0 Å². The van der Waals surface area contributed by atoms with Gasteiger partial charge in [0, 0.05) is 42.5 Å². The molecular formula is C21H20N4O2. The van der Waals surface area contributed by atoms with E-state index in [1.807, 2.05) is 48.5 Å². The van der Waals surface area contributed by atoms with Gasteiger partial charge in [0.05, 0.1) is 12.1 Å². The quantitative estimate of drug-likeness (QED) is 0.749. The van der Waals surface area contributed by atoms with Gasteiger partial charge >= 0.3 is 0 Å². The van der Waals surface area contributed by atoms with Gasteiger partial charge in [-0.25, -0.2) is 0 Å². The van der Waals surface area contributed by atoms with Crippen LogP contribution in [-0.2, 0) is 11.3 Å². The smallest absolute Gasteiger partial charge is 0.255 e. The number of nitrogens with one attached hydrogen (secondary N) is 2. The van der Waals surface area contributed by atoms with Crippen LogP contribution < -0.4 is 10.6 Å². The summed E-state index contributed by atoms with van der Waals surface area (Å²) in [6.45, 7) is 2.51. The summed E-state index contributed by atoms with van der Waals surface area (Å²) in [6, 6.07) is 17.0. The minimum Gasteiger partial charge on any atom is -0.354 e. The summed E-state index contributed by atoms with van der Waals surface area (Å²) in [4.78, 5) is 30.5. The van der Waals surface area contributed by atoms with Crippen LogP contribution in [0.1, 0.15) is 15.9 Å². The summed E-state index contributed by atoms with van der Waals surface area (Å²) in [5.74, 6) is -0.114. The Bertz CT molecular complexity index is 1000. The predicted octanol–water partition coefficient (Wildman–Crippen LogP) is 2.42. The van der Waals surface area contributed by atoms with Gasteiger partial charge in [0.2, 0.25) is 5.91 Å². The molecule has 0 atom stereocenters. The molecular weight excluding hydrogens is 340 g/mol. The fourth-order valence-corrected chi connectivity index (χ4v) is 3.25. The molecule has 1 aliphatic rings. The highest BCUT2D eigenvalue weighted by Crippen LogP contribution is 2.18. The second-order valence-electron chi connectivity index (χ2n) is 6.63. The van der Waals surface area contributed by atoms with Crippen LogP contribution >= 0.6 is 0 Å². The van der Waals surface area contributed by atoms with Crippen molar-refractivity contribution in [1.82, 2.24) is 15.2 Å². The van der Waals surface area contributed by atoms with Gasteiger partial charge in [-0.3, -0.25) is 19.5 Å². The highest BCUT2D eigenvalue weighted by atomic mass is 16.2. The van der Waals surface area contributed by atoms with Crippen LogP contribution in [0.5, 0.6) is 0 Å². The fourth-order valence-electron chi connectivity index (χ4n) is 3.25. The zero-order valence-corrected chi connectivity index (χ0v) is 14.8. The first-order valence-electron chi connectivity index (χ1n) is 8.91. The lowest BCUT2D eigenvalue weighted by Crippen LogP contribution is -2.47. The van der Waals surface area contributed by atoms with Gasteiger partial charge in [0.1, 0.15) is 0 Å². The maximum atomic E-state index is 12.6. The molecule has 136 valence electrons. The third kappa shape index (κ3) is 4.12. The van der Waals surface area contributed by atoms with Gasteiger partial charge in [-0.05, 0) is 42.0 Å². The molecule has 6 heteroatoms. The molecule has 2 N–H and O–H groups in total.